The number of methoxy groups -OCH3 is 1. The van der Waals surface area contributed by atoms with Crippen molar-refractivity contribution in [1.29, 1.82) is 0 Å². The van der Waals surface area contributed by atoms with Gasteiger partial charge in [-0.05, 0) is 25.0 Å². The van der Waals surface area contributed by atoms with Crippen molar-refractivity contribution in [3.05, 3.63) is 30.5 Å². The summed E-state index contributed by atoms with van der Waals surface area (Å²) >= 11 is 0. The Bertz CT molecular complexity index is 714. The number of nitrogens with one attached hydrogen (secondary N) is 1. The number of hydrogen-bond donors (Lipinski definition) is 1. The lowest BCUT2D eigenvalue weighted by Gasteiger charge is -2.27. The smallest absolute Gasteiger partial charge is 0.321 e. The lowest BCUT2D eigenvalue weighted by molar-refractivity contribution is 0.0464. The number of fused-ring (bicyclic) bond motifs is 1. The average Bonchev–Trinajstić information content (AvgIpc) is 2.61. The number of anilines is 1. The van der Waals surface area contributed by atoms with Gasteiger partial charge in [-0.2, -0.15) is 0 Å². The van der Waals surface area contributed by atoms with E-state index in [1.54, 1.807) is 24.3 Å². The summed E-state index contributed by atoms with van der Waals surface area (Å²) < 4.78 is 10.9. The van der Waals surface area contributed by atoms with Crippen molar-refractivity contribution in [2.75, 3.05) is 39.2 Å². The van der Waals surface area contributed by atoms with E-state index in [0.717, 1.165) is 37.0 Å². The first kappa shape index (κ1) is 16.5. The average molecular weight is 329 g/mol. The van der Waals surface area contributed by atoms with Crippen LogP contribution in [0.2, 0.25) is 0 Å². The Morgan fingerprint density at radius 1 is 1.50 bits per heavy atom. The van der Waals surface area contributed by atoms with Crippen LogP contribution in [0, 0.1) is 5.92 Å². The predicted octanol–water partition coefficient (Wildman–Crippen LogP) is 3.13. The van der Waals surface area contributed by atoms with Gasteiger partial charge in [0.1, 0.15) is 11.3 Å². The first-order valence-electron chi connectivity index (χ1n) is 8.20. The largest absolute Gasteiger partial charge is 0.494 e. The molecule has 1 saturated heterocycles. The van der Waals surface area contributed by atoms with Crippen LogP contribution in [0.5, 0.6) is 5.75 Å². The van der Waals surface area contributed by atoms with Crippen molar-refractivity contribution in [2.45, 2.75) is 12.8 Å². The molecular formula is C18H23N3O3. The summed E-state index contributed by atoms with van der Waals surface area (Å²) in [5, 5.41) is 3.86. The quantitative estimate of drug-likeness (QED) is 0.936. The van der Waals surface area contributed by atoms with Gasteiger partial charge in [-0.15, -0.1) is 0 Å². The fourth-order valence-corrected chi connectivity index (χ4v) is 3.03. The van der Waals surface area contributed by atoms with Crippen LogP contribution < -0.4 is 10.1 Å². The van der Waals surface area contributed by atoms with Gasteiger partial charge < -0.3 is 19.7 Å². The van der Waals surface area contributed by atoms with Gasteiger partial charge in [0.15, 0.2) is 0 Å². The van der Waals surface area contributed by atoms with Gasteiger partial charge in [0.25, 0.3) is 0 Å². The summed E-state index contributed by atoms with van der Waals surface area (Å²) in [6.07, 6.45) is 3.89. The summed E-state index contributed by atoms with van der Waals surface area (Å²) in [7, 11) is 3.41. The number of pyridine rings is 1. The summed E-state index contributed by atoms with van der Waals surface area (Å²) in [4.78, 5) is 18.5. The molecule has 1 aromatic heterocycles. The molecule has 128 valence electrons. The van der Waals surface area contributed by atoms with E-state index in [1.807, 2.05) is 25.2 Å². The number of nitrogens with zero attached hydrogens (tertiary/aromatic N) is 2. The molecule has 6 heteroatoms. The molecule has 2 amide bonds. The molecule has 2 aromatic rings. The second kappa shape index (κ2) is 7.49. The standard InChI is InChI=1S/C18H23N3O3/c1-21(11-13-5-4-8-24-12-13)18(22)20-15-9-14-6-3-7-19-17(14)16(10-15)23-2/h3,6-7,9-10,13H,4-5,8,11-12H2,1-2H3,(H,20,22). The molecule has 1 atom stereocenters. The fourth-order valence-electron chi connectivity index (χ4n) is 3.03. The van der Waals surface area contributed by atoms with Gasteiger partial charge in [0, 0.05) is 49.5 Å². The minimum atomic E-state index is -0.133. The van der Waals surface area contributed by atoms with Gasteiger partial charge in [0.2, 0.25) is 0 Å². The van der Waals surface area contributed by atoms with Crippen LogP contribution >= 0.6 is 0 Å². The van der Waals surface area contributed by atoms with Crippen LogP contribution in [0.4, 0.5) is 10.5 Å². The number of amides is 2. The Morgan fingerprint density at radius 3 is 3.12 bits per heavy atom. The van der Waals surface area contributed by atoms with E-state index in [-0.39, 0.29) is 6.03 Å². The summed E-state index contributed by atoms with van der Waals surface area (Å²) in [6, 6.07) is 7.38. The third-order valence-corrected chi connectivity index (χ3v) is 4.27. The van der Waals surface area contributed by atoms with E-state index in [0.29, 0.717) is 23.9 Å². The molecule has 0 spiro atoms. The van der Waals surface area contributed by atoms with E-state index in [4.69, 9.17) is 9.47 Å². The Kier molecular flexibility index (Phi) is 5.15. The van der Waals surface area contributed by atoms with Crippen LogP contribution in [0.25, 0.3) is 10.9 Å². The molecule has 1 aliphatic heterocycles. The maximum atomic E-state index is 12.4. The van der Waals surface area contributed by atoms with Crippen molar-refractivity contribution in [3.63, 3.8) is 0 Å². The first-order valence-corrected chi connectivity index (χ1v) is 8.20. The van der Waals surface area contributed by atoms with Crippen molar-refractivity contribution in [2.24, 2.45) is 5.92 Å². The maximum Gasteiger partial charge on any atom is 0.321 e. The van der Waals surface area contributed by atoms with Crippen molar-refractivity contribution < 1.29 is 14.3 Å². The normalized spacial score (nSPS) is 17.5. The molecular weight excluding hydrogens is 306 g/mol. The van der Waals surface area contributed by atoms with E-state index in [2.05, 4.69) is 10.3 Å². The maximum absolute atomic E-state index is 12.4. The second-order valence-corrected chi connectivity index (χ2v) is 6.15. The highest BCUT2D eigenvalue weighted by Gasteiger charge is 2.19. The summed E-state index contributed by atoms with van der Waals surface area (Å²) in [6.45, 7) is 2.25. The predicted molar refractivity (Wildman–Crippen MR) is 93.5 cm³/mol. The Labute approximate surface area is 141 Å². The molecule has 24 heavy (non-hydrogen) atoms. The molecule has 3 rings (SSSR count). The molecule has 0 bridgehead atoms. The number of urea groups is 1. The third-order valence-electron chi connectivity index (χ3n) is 4.27. The molecule has 0 radical (unpaired) electrons. The van der Waals surface area contributed by atoms with Gasteiger partial charge in [-0.3, -0.25) is 4.98 Å². The fraction of sp³-hybridized carbons (Fsp3) is 0.444. The molecule has 2 heterocycles. The van der Waals surface area contributed by atoms with Crippen LogP contribution in [0.3, 0.4) is 0 Å². The molecule has 0 aliphatic carbocycles. The van der Waals surface area contributed by atoms with Crippen LogP contribution in [0.15, 0.2) is 30.5 Å². The Morgan fingerprint density at radius 2 is 2.38 bits per heavy atom. The first-order chi connectivity index (χ1) is 11.7. The van der Waals surface area contributed by atoms with Crippen LogP contribution in [0.1, 0.15) is 12.8 Å². The van der Waals surface area contributed by atoms with Gasteiger partial charge in [-0.1, -0.05) is 6.07 Å². The number of carbonyl (C=O) groups excluding carboxylic acids is 1. The minimum absolute atomic E-state index is 0.133. The zero-order valence-corrected chi connectivity index (χ0v) is 14.1. The van der Waals surface area contributed by atoms with E-state index in [9.17, 15) is 4.79 Å². The molecule has 1 N–H and O–H groups in total. The van der Waals surface area contributed by atoms with E-state index in [1.165, 1.54) is 0 Å². The summed E-state index contributed by atoms with van der Waals surface area (Å²) in [5.74, 6) is 1.05. The highest BCUT2D eigenvalue weighted by atomic mass is 16.5. The molecule has 1 unspecified atom stereocenters. The zero-order valence-electron chi connectivity index (χ0n) is 14.1. The molecule has 1 aromatic carbocycles. The van der Waals surface area contributed by atoms with Crippen molar-refractivity contribution in [1.82, 2.24) is 9.88 Å². The topological polar surface area (TPSA) is 63.7 Å². The number of aromatic nitrogens is 1. The summed E-state index contributed by atoms with van der Waals surface area (Å²) in [5.41, 5.74) is 1.48. The van der Waals surface area contributed by atoms with Crippen LogP contribution in [-0.2, 0) is 4.74 Å². The van der Waals surface area contributed by atoms with Crippen molar-refractivity contribution >= 4 is 22.6 Å². The highest BCUT2D eigenvalue weighted by Crippen LogP contribution is 2.28. The Hall–Kier alpha value is -2.34. The van der Waals surface area contributed by atoms with Gasteiger partial charge in [-0.25, -0.2) is 4.79 Å². The number of ether oxygens (including phenoxy) is 2. The van der Waals surface area contributed by atoms with Gasteiger partial charge in [0.05, 0.1) is 13.7 Å². The number of hydrogen-bond acceptors (Lipinski definition) is 4. The van der Waals surface area contributed by atoms with Gasteiger partial charge >= 0.3 is 6.03 Å². The Balaban J connectivity index is 1.70. The molecule has 1 fully saturated rings. The molecule has 6 nitrogen and oxygen atoms in total. The zero-order chi connectivity index (χ0) is 16.9. The van der Waals surface area contributed by atoms with E-state index < -0.39 is 0 Å². The van der Waals surface area contributed by atoms with Crippen molar-refractivity contribution in [3.8, 4) is 5.75 Å². The molecule has 0 saturated carbocycles. The lowest BCUT2D eigenvalue weighted by Crippen LogP contribution is -2.37. The third kappa shape index (κ3) is 3.76. The monoisotopic (exact) mass is 329 g/mol. The molecule has 1 aliphatic rings. The second-order valence-electron chi connectivity index (χ2n) is 6.15. The highest BCUT2D eigenvalue weighted by molar-refractivity contribution is 5.94. The number of benzene rings is 1. The number of rotatable bonds is 4. The minimum Gasteiger partial charge on any atom is -0.494 e. The SMILES string of the molecule is COc1cc(NC(=O)N(C)CC2CCCOC2)cc2cccnc12. The van der Waals surface area contributed by atoms with Crippen LogP contribution in [-0.4, -0.2) is 49.8 Å². The number of carbonyl (C=O) groups is 1. The lowest BCUT2D eigenvalue weighted by atomic mass is 10.0. The van der Waals surface area contributed by atoms with E-state index >= 15 is 0 Å².